The number of rotatable bonds is 3. The molecule has 0 bridgehead atoms. The number of aryl methyl sites for hydroxylation is 1. The third-order valence-electron chi connectivity index (χ3n) is 7.25. The molecule has 1 aromatic rings. The van der Waals surface area contributed by atoms with Gasteiger partial charge in [0.15, 0.2) is 0 Å². The van der Waals surface area contributed by atoms with Gasteiger partial charge >= 0.3 is 0 Å². The van der Waals surface area contributed by atoms with E-state index in [1.54, 1.807) is 4.31 Å². The number of likely N-dealkylation sites (tertiary alicyclic amines) is 1. The number of sulfonamides is 1. The molecule has 3 aliphatic rings. The number of fused-ring (bicyclic) bond motifs is 2. The molecule has 1 spiro atoms. The molecule has 1 aromatic carbocycles. The van der Waals surface area contributed by atoms with Crippen LogP contribution in [0.4, 0.5) is 5.69 Å². The summed E-state index contributed by atoms with van der Waals surface area (Å²) in [5, 5.41) is 0. The van der Waals surface area contributed by atoms with Crippen molar-refractivity contribution in [2.24, 2.45) is 5.92 Å². The van der Waals surface area contributed by atoms with Gasteiger partial charge in [-0.1, -0.05) is 30.5 Å². The van der Waals surface area contributed by atoms with E-state index in [9.17, 15) is 8.42 Å². The van der Waals surface area contributed by atoms with Gasteiger partial charge in [0.05, 0.1) is 11.9 Å². The zero-order valence-corrected chi connectivity index (χ0v) is 17.2. The van der Waals surface area contributed by atoms with E-state index in [0.29, 0.717) is 12.6 Å². The first-order valence-electron chi connectivity index (χ1n) is 10.1. The van der Waals surface area contributed by atoms with E-state index in [2.05, 4.69) is 24.8 Å². The molecule has 0 amide bonds. The van der Waals surface area contributed by atoms with Crippen molar-refractivity contribution in [3.8, 4) is 0 Å². The molecule has 2 heterocycles. The number of nitrogens with zero attached hydrogens (tertiary/aromatic N) is 2. The highest BCUT2D eigenvalue weighted by atomic mass is 32.2. The van der Waals surface area contributed by atoms with Gasteiger partial charge in [0.25, 0.3) is 0 Å². The van der Waals surface area contributed by atoms with Gasteiger partial charge in [-0.05, 0) is 70.2 Å². The minimum atomic E-state index is -3.23. The van der Waals surface area contributed by atoms with Gasteiger partial charge in [0, 0.05) is 18.0 Å². The molecule has 0 radical (unpaired) electrons. The molecule has 1 unspecified atom stereocenters. The van der Waals surface area contributed by atoms with E-state index in [1.165, 1.54) is 43.1 Å². The maximum atomic E-state index is 12.4. The molecule has 4 nitrogen and oxygen atoms in total. The van der Waals surface area contributed by atoms with Crippen molar-refractivity contribution >= 4 is 15.7 Å². The predicted molar refractivity (Wildman–Crippen MR) is 107 cm³/mol. The summed E-state index contributed by atoms with van der Waals surface area (Å²) < 4.78 is 26.4. The first-order chi connectivity index (χ1) is 12.3. The van der Waals surface area contributed by atoms with Gasteiger partial charge < -0.3 is 4.90 Å². The summed E-state index contributed by atoms with van der Waals surface area (Å²) in [5.74, 6) is 0.856. The number of hydrogen-bond donors (Lipinski definition) is 0. The maximum Gasteiger partial charge on any atom is 0.232 e. The van der Waals surface area contributed by atoms with Crippen LogP contribution in [0.25, 0.3) is 0 Å². The third kappa shape index (κ3) is 3.07. The van der Waals surface area contributed by atoms with E-state index in [1.807, 2.05) is 12.1 Å². The lowest BCUT2D eigenvalue weighted by molar-refractivity contribution is 0.0967. The predicted octanol–water partition coefficient (Wildman–Crippen LogP) is 3.69. The van der Waals surface area contributed by atoms with Crippen molar-refractivity contribution in [1.82, 2.24) is 4.90 Å². The molecule has 2 aliphatic heterocycles. The highest BCUT2D eigenvalue weighted by Gasteiger charge is 2.47. The molecule has 1 atom stereocenters. The van der Waals surface area contributed by atoms with Crippen LogP contribution in [0.2, 0.25) is 0 Å². The van der Waals surface area contributed by atoms with Crippen molar-refractivity contribution < 1.29 is 8.42 Å². The van der Waals surface area contributed by atoms with Crippen LogP contribution < -0.4 is 4.31 Å². The average Bonchev–Trinajstić information content (AvgIpc) is 3.22. The fraction of sp³-hybridized carbons (Fsp3) is 0.714. The van der Waals surface area contributed by atoms with Crippen LogP contribution in [0.3, 0.4) is 0 Å². The molecule has 4 rings (SSSR count). The fourth-order valence-corrected chi connectivity index (χ4v) is 6.56. The van der Waals surface area contributed by atoms with Gasteiger partial charge in [-0.15, -0.1) is 0 Å². The van der Waals surface area contributed by atoms with Crippen molar-refractivity contribution in [2.45, 2.75) is 63.8 Å². The Bertz CT molecular complexity index is 775. The van der Waals surface area contributed by atoms with Crippen molar-refractivity contribution in [2.75, 3.05) is 30.2 Å². The molecule has 0 aromatic heterocycles. The minimum absolute atomic E-state index is 0.00364. The molecule has 0 N–H and O–H groups in total. The van der Waals surface area contributed by atoms with Gasteiger partial charge in [-0.3, -0.25) is 4.31 Å². The van der Waals surface area contributed by atoms with Crippen molar-refractivity contribution in [3.05, 3.63) is 29.3 Å². The van der Waals surface area contributed by atoms with E-state index >= 15 is 0 Å². The number of anilines is 1. The summed E-state index contributed by atoms with van der Waals surface area (Å²) in [6, 6.07) is 6.94. The largest absolute Gasteiger partial charge is 0.300 e. The van der Waals surface area contributed by atoms with Crippen molar-refractivity contribution in [1.29, 1.82) is 0 Å². The van der Waals surface area contributed by atoms with Crippen molar-refractivity contribution in [3.63, 3.8) is 0 Å². The minimum Gasteiger partial charge on any atom is -0.300 e. The highest BCUT2D eigenvalue weighted by molar-refractivity contribution is 7.92. The summed E-state index contributed by atoms with van der Waals surface area (Å²) in [6.45, 7) is 7.31. The Labute approximate surface area is 158 Å². The van der Waals surface area contributed by atoms with Crippen LogP contribution in [0.1, 0.15) is 56.6 Å². The zero-order chi connectivity index (χ0) is 18.5. The lowest BCUT2D eigenvalue weighted by Gasteiger charge is -2.43. The Morgan fingerprint density at radius 2 is 1.81 bits per heavy atom. The summed E-state index contributed by atoms with van der Waals surface area (Å²) in [4.78, 5) is 2.67. The van der Waals surface area contributed by atoms with Crippen LogP contribution >= 0.6 is 0 Å². The monoisotopic (exact) mass is 376 g/mol. The Balaban J connectivity index is 1.57. The van der Waals surface area contributed by atoms with Crippen LogP contribution in [0.15, 0.2) is 18.2 Å². The van der Waals surface area contributed by atoms with E-state index < -0.39 is 10.0 Å². The molecule has 1 saturated heterocycles. The summed E-state index contributed by atoms with van der Waals surface area (Å²) in [7, 11) is -3.23. The molecule has 5 heteroatoms. The standard InChI is InChI=1S/C21H32N2O2S/c1-16-8-9-20-19(14-16)21(15-23(20)26(3,24)25)10-12-22(13-11-21)17(2)18-6-4-5-7-18/h8-9,14,17-18H,4-7,10-13,15H2,1-3H3. The van der Waals surface area contributed by atoms with Gasteiger partial charge in [0.2, 0.25) is 10.0 Å². The quantitative estimate of drug-likeness (QED) is 0.808. The van der Waals surface area contributed by atoms with Crippen LogP contribution in [0.5, 0.6) is 0 Å². The molecule has 1 saturated carbocycles. The maximum absolute atomic E-state index is 12.4. The summed E-state index contributed by atoms with van der Waals surface area (Å²) in [6.07, 6.45) is 9.01. The lowest BCUT2D eigenvalue weighted by Crippen LogP contribution is -2.49. The van der Waals surface area contributed by atoms with Crippen LogP contribution in [-0.4, -0.2) is 45.2 Å². The molecule has 26 heavy (non-hydrogen) atoms. The second-order valence-corrected chi connectivity index (χ2v) is 10.8. The van der Waals surface area contributed by atoms with Crippen LogP contribution in [-0.2, 0) is 15.4 Å². The second kappa shape index (κ2) is 6.52. The molecule has 1 aliphatic carbocycles. The smallest absolute Gasteiger partial charge is 0.232 e. The van der Waals surface area contributed by atoms with Gasteiger partial charge in [-0.2, -0.15) is 0 Å². The zero-order valence-electron chi connectivity index (χ0n) is 16.4. The first kappa shape index (κ1) is 18.3. The topological polar surface area (TPSA) is 40.6 Å². The number of benzene rings is 1. The summed E-state index contributed by atoms with van der Waals surface area (Å²) >= 11 is 0. The highest BCUT2D eigenvalue weighted by Crippen LogP contribution is 2.48. The Morgan fingerprint density at radius 1 is 1.15 bits per heavy atom. The van der Waals surface area contributed by atoms with E-state index in [4.69, 9.17) is 0 Å². The molecular formula is C21H32N2O2S. The second-order valence-electron chi connectivity index (χ2n) is 8.89. The third-order valence-corrected chi connectivity index (χ3v) is 8.38. The fourth-order valence-electron chi connectivity index (χ4n) is 5.56. The van der Waals surface area contributed by atoms with E-state index in [0.717, 1.165) is 37.5 Å². The summed E-state index contributed by atoms with van der Waals surface area (Å²) in [5.41, 5.74) is 3.39. The molecule has 2 fully saturated rings. The Kier molecular flexibility index (Phi) is 4.59. The number of piperidine rings is 1. The Morgan fingerprint density at radius 3 is 2.42 bits per heavy atom. The lowest BCUT2D eigenvalue weighted by atomic mass is 9.73. The van der Waals surface area contributed by atoms with Crippen LogP contribution in [0, 0.1) is 12.8 Å². The normalized spacial score (nSPS) is 25.0. The average molecular weight is 377 g/mol. The Hall–Kier alpha value is -1.07. The molecular weight excluding hydrogens is 344 g/mol. The van der Waals surface area contributed by atoms with Gasteiger partial charge in [-0.25, -0.2) is 8.42 Å². The molecule has 144 valence electrons. The first-order valence-corrected chi connectivity index (χ1v) is 12.0. The van der Waals surface area contributed by atoms with Gasteiger partial charge in [0.1, 0.15) is 0 Å². The SMILES string of the molecule is Cc1ccc2c(c1)C1(CCN(C(C)C3CCCC3)CC1)CN2S(C)(=O)=O. The van der Waals surface area contributed by atoms with E-state index in [-0.39, 0.29) is 5.41 Å². The number of hydrogen-bond acceptors (Lipinski definition) is 3.